The Bertz CT molecular complexity index is 1440. The van der Waals surface area contributed by atoms with Crippen LogP contribution in [0.4, 0.5) is 0 Å². The van der Waals surface area contributed by atoms with Gasteiger partial charge >= 0.3 is 5.63 Å². The number of fused-ring (bicyclic) bond motifs is 2. The third-order valence-corrected chi connectivity index (χ3v) is 5.85. The van der Waals surface area contributed by atoms with Crippen molar-refractivity contribution in [3.05, 3.63) is 81.2 Å². The predicted octanol–water partition coefficient (Wildman–Crippen LogP) is 6.22. The van der Waals surface area contributed by atoms with Crippen molar-refractivity contribution in [2.45, 2.75) is 6.92 Å². The van der Waals surface area contributed by atoms with E-state index in [0.29, 0.717) is 22.2 Å². The van der Waals surface area contributed by atoms with E-state index in [-0.39, 0.29) is 0 Å². The Morgan fingerprint density at radius 3 is 2.79 bits per heavy atom. The van der Waals surface area contributed by atoms with Crippen molar-refractivity contribution in [3.63, 3.8) is 0 Å². The minimum absolute atomic E-state index is 0.393. The number of aryl methyl sites for hydroxylation is 1. The smallest absolute Gasteiger partial charge is 0.336 e. The van der Waals surface area contributed by atoms with Gasteiger partial charge < -0.3 is 9.15 Å². The molecule has 29 heavy (non-hydrogen) atoms. The van der Waals surface area contributed by atoms with Gasteiger partial charge in [-0.1, -0.05) is 29.8 Å². The van der Waals surface area contributed by atoms with E-state index in [2.05, 4.69) is 9.97 Å². The van der Waals surface area contributed by atoms with Gasteiger partial charge in [0.2, 0.25) is 5.88 Å². The van der Waals surface area contributed by atoms with E-state index in [1.165, 1.54) is 23.7 Å². The summed E-state index contributed by atoms with van der Waals surface area (Å²) in [7, 11) is 0. The molecule has 0 radical (unpaired) electrons. The number of halogens is 1. The van der Waals surface area contributed by atoms with Gasteiger partial charge in [0.15, 0.2) is 0 Å². The fourth-order valence-electron chi connectivity index (χ4n) is 3.28. The monoisotopic (exact) mass is 420 g/mol. The van der Waals surface area contributed by atoms with E-state index in [0.717, 1.165) is 32.3 Å². The summed E-state index contributed by atoms with van der Waals surface area (Å²) >= 11 is 7.90. The Morgan fingerprint density at radius 2 is 1.93 bits per heavy atom. The van der Waals surface area contributed by atoms with Crippen LogP contribution < -0.4 is 10.4 Å². The maximum absolute atomic E-state index is 11.7. The maximum atomic E-state index is 11.7. The molecule has 0 fully saturated rings. The van der Waals surface area contributed by atoms with Crippen molar-refractivity contribution in [1.29, 1.82) is 0 Å². The molecule has 0 bridgehead atoms. The summed E-state index contributed by atoms with van der Waals surface area (Å²) < 4.78 is 11.4. The molecule has 0 amide bonds. The topological polar surface area (TPSA) is 65.2 Å². The molecule has 142 valence electrons. The molecule has 0 atom stereocenters. The number of thiophene rings is 1. The summed E-state index contributed by atoms with van der Waals surface area (Å²) in [4.78, 5) is 21.2. The average molecular weight is 421 g/mol. The van der Waals surface area contributed by atoms with Gasteiger partial charge in [0.1, 0.15) is 22.5 Å². The van der Waals surface area contributed by atoms with Crippen LogP contribution in [0.1, 0.15) is 5.56 Å². The standard InChI is InChI=1S/C22H13ClN2O3S/c1-12-8-19(26)28-18-9-13(6-7-14(12)18)27-21-20-16(10-29-22(20)25-11-24-21)15-4-2-3-5-17(15)23/h2-11H,1H3. The predicted molar refractivity (Wildman–Crippen MR) is 115 cm³/mol. The summed E-state index contributed by atoms with van der Waals surface area (Å²) in [5.74, 6) is 0.933. The molecule has 0 aliphatic heterocycles. The summed E-state index contributed by atoms with van der Waals surface area (Å²) in [5.41, 5.74) is 2.73. The van der Waals surface area contributed by atoms with Crippen LogP contribution in [0.2, 0.25) is 5.02 Å². The molecule has 3 heterocycles. The lowest BCUT2D eigenvalue weighted by Crippen LogP contribution is -1.98. The van der Waals surface area contributed by atoms with Crippen LogP contribution in [-0.4, -0.2) is 9.97 Å². The van der Waals surface area contributed by atoms with Crippen LogP contribution in [0, 0.1) is 6.92 Å². The normalized spacial score (nSPS) is 11.2. The largest absolute Gasteiger partial charge is 0.438 e. The highest BCUT2D eigenvalue weighted by atomic mass is 35.5. The van der Waals surface area contributed by atoms with Gasteiger partial charge in [-0.05, 0) is 30.7 Å². The van der Waals surface area contributed by atoms with Gasteiger partial charge in [0.05, 0.1) is 5.39 Å². The summed E-state index contributed by atoms with van der Waals surface area (Å²) in [6.45, 7) is 1.87. The lowest BCUT2D eigenvalue weighted by molar-refractivity contribution is 0.466. The van der Waals surface area contributed by atoms with Crippen molar-refractivity contribution >= 4 is 44.1 Å². The van der Waals surface area contributed by atoms with Crippen molar-refractivity contribution in [2.24, 2.45) is 0 Å². The number of aromatic nitrogens is 2. The number of rotatable bonds is 3. The number of hydrogen-bond acceptors (Lipinski definition) is 6. The molecular formula is C22H13ClN2O3S. The van der Waals surface area contributed by atoms with Gasteiger partial charge in [-0.25, -0.2) is 14.8 Å². The van der Waals surface area contributed by atoms with E-state index in [4.69, 9.17) is 20.8 Å². The van der Waals surface area contributed by atoms with Crippen molar-refractivity contribution in [3.8, 4) is 22.8 Å². The highest BCUT2D eigenvalue weighted by Crippen LogP contribution is 2.41. The Balaban J connectivity index is 1.65. The van der Waals surface area contributed by atoms with Gasteiger partial charge in [0, 0.05) is 39.0 Å². The summed E-state index contributed by atoms with van der Waals surface area (Å²) in [6, 6.07) is 14.5. The Labute approximate surface area is 174 Å². The van der Waals surface area contributed by atoms with E-state index >= 15 is 0 Å². The molecule has 0 unspecified atom stereocenters. The van der Waals surface area contributed by atoms with E-state index < -0.39 is 5.63 Å². The minimum Gasteiger partial charge on any atom is -0.438 e. The molecule has 0 saturated heterocycles. The molecule has 3 aromatic heterocycles. The quantitative estimate of drug-likeness (QED) is 0.324. The van der Waals surface area contributed by atoms with Gasteiger partial charge in [-0.2, -0.15) is 0 Å². The molecule has 5 aromatic rings. The average Bonchev–Trinajstić information content (AvgIpc) is 3.13. The minimum atomic E-state index is -0.393. The van der Waals surface area contributed by atoms with E-state index in [1.54, 1.807) is 6.07 Å². The van der Waals surface area contributed by atoms with E-state index in [1.807, 2.05) is 48.7 Å². The molecule has 5 rings (SSSR count). The first kappa shape index (κ1) is 17.8. The Kier molecular flexibility index (Phi) is 4.30. The second-order valence-corrected chi connectivity index (χ2v) is 7.76. The SMILES string of the molecule is Cc1cc(=O)oc2cc(Oc3ncnc4scc(-c5ccccc5Cl)c34)ccc12. The lowest BCUT2D eigenvalue weighted by Gasteiger charge is -2.09. The van der Waals surface area contributed by atoms with Gasteiger partial charge in [-0.15, -0.1) is 11.3 Å². The van der Waals surface area contributed by atoms with Crippen LogP contribution in [0.5, 0.6) is 11.6 Å². The first-order valence-corrected chi connectivity index (χ1v) is 10.1. The zero-order chi connectivity index (χ0) is 20.0. The van der Waals surface area contributed by atoms with Crippen molar-refractivity contribution in [2.75, 3.05) is 0 Å². The molecule has 2 aromatic carbocycles. The maximum Gasteiger partial charge on any atom is 0.336 e. The van der Waals surface area contributed by atoms with Crippen molar-refractivity contribution < 1.29 is 9.15 Å². The number of hydrogen-bond donors (Lipinski definition) is 0. The molecule has 7 heteroatoms. The molecule has 0 aliphatic carbocycles. The van der Waals surface area contributed by atoms with Crippen LogP contribution in [0.3, 0.4) is 0 Å². The van der Waals surface area contributed by atoms with Crippen LogP contribution in [-0.2, 0) is 0 Å². The fraction of sp³-hybridized carbons (Fsp3) is 0.0455. The van der Waals surface area contributed by atoms with Gasteiger partial charge in [0.25, 0.3) is 0 Å². The molecule has 5 nitrogen and oxygen atoms in total. The van der Waals surface area contributed by atoms with Crippen LogP contribution in [0.25, 0.3) is 32.3 Å². The number of nitrogens with zero attached hydrogens (tertiary/aromatic N) is 2. The third-order valence-electron chi connectivity index (χ3n) is 4.64. The van der Waals surface area contributed by atoms with Crippen molar-refractivity contribution in [1.82, 2.24) is 9.97 Å². The number of ether oxygens (including phenoxy) is 1. The molecular weight excluding hydrogens is 408 g/mol. The molecule has 0 saturated carbocycles. The zero-order valence-electron chi connectivity index (χ0n) is 15.2. The second-order valence-electron chi connectivity index (χ2n) is 6.50. The summed E-state index contributed by atoms with van der Waals surface area (Å²) in [6.07, 6.45) is 1.47. The Morgan fingerprint density at radius 1 is 1.07 bits per heavy atom. The van der Waals surface area contributed by atoms with Crippen LogP contribution in [0.15, 0.2) is 69.5 Å². The highest BCUT2D eigenvalue weighted by molar-refractivity contribution is 7.17. The molecule has 0 N–H and O–H groups in total. The van der Waals surface area contributed by atoms with Gasteiger partial charge in [-0.3, -0.25) is 0 Å². The molecule has 0 aliphatic rings. The summed E-state index contributed by atoms with van der Waals surface area (Å²) in [5, 5.41) is 4.29. The Hall–Kier alpha value is -3.22. The van der Waals surface area contributed by atoms with E-state index in [9.17, 15) is 4.79 Å². The first-order valence-electron chi connectivity index (χ1n) is 8.79. The van der Waals surface area contributed by atoms with Crippen LogP contribution >= 0.6 is 22.9 Å². The number of benzene rings is 2. The molecule has 0 spiro atoms. The third kappa shape index (κ3) is 3.16. The second kappa shape index (κ2) is 6.99. The fourth-order valence-corrected chi connectivity index (χ4v) is 4.42. The lowest BCUT2D eigenvalue weighted by atomic mass is 10.1. The highest BCUT2D eigenvalue weighted by Gasteiger charge is 2.17. The first-order chi connectivity index (χ1) is 14.1. The zero-order valence-corrected chi connectivity index (χ0v) is 16.8.